The predicted molar refractivity (Wildman–Crippen MR) is 75.5 cm³/mol. The fourth-order valence-corrected chi connectivity index (χ4v) is 2.52. The van der Waals surface area contributed by atoms with Crippen LogP contribution in [0.3, 0.4) is 0 Å². The maximum absolute atomic E-state index is 12.0. The third kappa shape index (κ3) is 1.83. The highest BCUT2D eigenvalue weighted by Crippen LogP contribution is 2.27. The van der Waals surface area contributed by atoms with E-state index >= 15 is 0 Å². The predicted octanol–water partition coefficient (Wildman–Crippen LogP) is 2.79. The van der Waals surface area contributed by atoms with Gasteiger partial charge in [0.1, 0.15) is 5.58 Å². The Balaban J connectivity index is 2.46. The first kappa shape index (κ1) is 11.9. The molecule has 2 aromatic carbocycles. The lowest BCUT2D eigenvalue weighted by Gasteiger charge is -2.08. The van der Waals surface area contributed by atoms with Crippen molar-refractivity contribution in [2.24, 2.45) is 0 Å². The van der Waals surface area contributed by atoms with Crippen molar-refractivity contribution in [3.8, 4) is 0 Å². The number of aryl methyl sites for hydroxylation is 1. The number of benzene rings is 2. The minimum Gasteiger partial charge on any atom is -0.422 e. The molecule has 0 saturated carbocycles. The Labute approximate surface area is 110 Å². The van der Waals surface area contributed by atoms with Gasteiger partial charge in [-0.15, -0.1) is 0 Å². The molecule has 1 aromatic heterocycles. The van der Waals surface area contributed by atoms with Crippen LogP contribution in [0.25, 0.3) is 21.7 Å². The zero-order valence-corrected chi connectivity index (χ0v) is 10.6. The molecule has 3 aromatic rings. The second kappa shape index (κ2) is 4.52. The summed E-state index contributed by atoms with van der Waals surface area (Å²) in [7, 11) is 0. The van der Waals surface area contributed by atoms with Gasteiger partial charge in [0, 0.05) is 29.4 Å². The van der Waals surface area contributed by atoms with E-state index in [2.05, 4.69) is 0 Å². The summed E-state index contributed by atoms with van der Waals surface area (Å²) in [5.41, 5.74) is 1.73. The van der Waals surface area contributed by atoms with E-state index in [1.54, 1.807) is 0 Å². The molecular formula is C16H14O3. The smallest absolute Gasteiger partial charge is 0.339 e. The maximum atomic E-state index is 12.0. The Morgan fingerprint density at radius 2 is 1.89 bits per heavy atom. The van der Waals surface area contributed by atoms with Crippen molar-refractivity contribution in [1.29, 1.82) is 0 Å². The zero-order valence-electron chi connectivity index (χ0n) is 10.6. The third-order valence-corrected chi connectivity index (χ3v) is 3.54. The van der Waals surface area contributed by atoms with Crippen molar-refractivity contribution in [3.05, 3.63) is 57.9 Å². The number of aliphatic hydroxyl groups excluding tert-OH is 1. The summed E-state index contributed by atoms with van der Waals surface area (Å²) in [6.45, 7) is 1.85. The molecule has 0 aliphatic heterocycles. The third-order valence-electron chi connectivity index (χ3n) is 3.54. The molecule has 3 heteroatoms. The fourth-order valence-electron chi connectivity index (χ4n) is 2.52. The normalized spacial score (nSPS) is 11.3. The fraction of sp³-hybridized carbons (Fsp3) is 0.188. The molecule has 0 unspecified atom stereocenters. The van der Waals surface area contributed by atoms with Gasteiger partial charge in [0.15, 0.2) is 0 Å². The molecule has 0 saturated heterocycles. The van der Waals surface area contributed by atoms with Crippen LogP contribution in [0, 0.1) is 6.92 Å². The van der Waals surface area contributed by atoms with Gasteiger partial charge in [-0.05, 0) is 17.9 Å². The van der Waals surface area contributed by atoms with E-state index in [1.807, 2.05) is 43.3 Å². The van der Waals surface area contributed by atoms with E-state index in [9.17, 15) is 4.79 Å². The molecule has 0 spiro atoms. The largest absolute Gasteiger partial charge is 0.422 e. The van der Waals surface area contributed by atoms with Gasteiger partial charge in [0.2, 0.25) is 0 Å². The van der Waals surface area contributed by atoms with Crippen LogP contribution in [-0.4, -0.2) is 11.7 Å². The lowest BCUT2D eigenvalue weighted by atomic mass is 10.0. The number of hydrogen-bond acceptors (Lipinski definition) is 3. The van der Waals surface area contributed by atoms with E-state index in [4.69, 9.17) is 9.52 Å². The Hall–Kier alpha value is -2.13. The van der Waals surface area contributed by atoms with Crippen molar-refractivity contribution >= 4 is 21.7 Å². The van der Waals surface area contributed by atoms with Gasteiger partial charge in [0.25, 0.3) is 0 Å². The SMILES string of the molecule is Cc1c(CCO)c(=O)oc2c1ccc1ccccc12. The summed E-state index contributed by atoms with van der Waals surface area (Å²) in [5.74, 6) is 0. The number of aliphatic hydroxyl groups is 1. The van der Waals surface area contributed by atoms with E-state index in [0.29, 0.717) is 17.6 Å². The molecule has 0 bridgehead atoms. The highest BCUT2D eigenvalue weighted by Gasteiger charge is 2.12. The highest BCUT2D eigenvalue weighted by atomic mass is 16.4. The van der Waals surface area contributed by atoms with E-state index < -0.39 is 0 Å². The van der Waals surface area contributed by atoms with Gasteiger partial charge < -0.3 is 9.52 Å². The molecule has 0 aliphatic carbocycles. The quantitative estimate of drug-likeness (QED) is 0.565. The average molecular weight is 254 g/mol. The highest BCUT2D eigenvalue weighted by molar-refractivity contribution is 6.05. The molecular weight excluding hydrogens is 240 g/mol. The van der Waals surface area contributed by atoms with Crippen LogP contribution in [0.15, 0.2) is 45.6 Å². The summed E-state index contributed by atoms with van der Waals surface area (Å²) in [5, 5.41) is 12.0. The van der Waals surface area contributed by atoms with Crippen LogP contribution in [0.2, 0.25) is 0 Å². The summed E-state index contributed by atoms with van der Waals surface area (Å²) >= 11 is 0. The Morgan fingerprint density at radius 3 is 2.68 bits per heavy atom. The number of hydrogen-bond donors (Lipinski definition) is 1. The van der Waals surface area contributed by atoms with Gasteiger partial charge in [-0.1, -0.05) is 36.4 Å². The Morgan fingerprint density at radius 1 is 1.11 bits per heavy atom. The lowest BCUT2D eigenvalue weighted by molar-refractivity contribution is 0.297. The van der Waals surface area contributed by atoms with Crippen LogP contribution in [0.4, 0.5) is 0 Å². The van der Waals surface area contributed by atoms with Gasteiger partial charge in [-0.2, -0.15) is 0 Å². The van der Waals surface area contributed by atoms with Crippen molar-refractivity contribution in [3.63, 3.8) is 0 Å². The van der Waals surface area contributed by atoms with E-state index in [-0.39, 0.29) is 12.2 Å². The van der Waals surface area contributed by atoms with Crippen molar-refractivity contribution in [1.82, 2.24) is 0 Å². The number of rotatable bonds is 2. The molecule has 19 heavy (non-hydrogen) atoms. The first-order valence-electron chi connectivity index (χ1n) is 6.27. The van der Waals surface area contributed by atoms with Crippen LogP contribution in [0.1, 0.15) is 11.1 Å². The molecule has 0 aliphatic rings. The molecule has 0 radical (unpaired) electrons. The molecule has 0 amide bonds. The van der Waals surface area contributed by atoms with Crippen LogP contribution < -0.4 is 5.63 Å². The summed E-state index contributed by atoms with van der Waals surface area (Å²) in [6, 6.07) is 11.8. The molecule has 96 valence electrons. The molecule has 3 rings (SSSR count). The van der Waals surface area contributed by atoms with Crippen LogP contribution in [-0.2, 0) is 6.42 Å². The second-order valence-corrected chi connectivity index (χ2v) is 4.63. The first-order chi connectivity index (χ1) is 9.22. The summed E-state index contributed by atoms with van der Waals surface area (Å²) in [6.07, 6.45) is 0.330. The van der Waals surface area contributed by atoms with Gasteiger partial charge in [-0.25, -0.2) is 4.79 Å². The van der Waals surface area contributed by atoms with Crippen molar-refractivity contribution < 1.29 is 9.52 Å². The van der Waals surface area contributed by atoms with Gasteiger partial charge in [0.05, 0.1) is 0 Å². The molecule has 0 atom stereocenters. The summed E-state index contributed by atoms with van der Waals surface area (Å²) in [4.78, 5) is 12.0. The molecule has 0 fully saturated rings. The lowest BCUT2D eigenvalue weighted by Crippen LogP contribution is -2.12. The van der Waals surface area contributed by atoms with Crippen LogP contribution >= 0.6 is 0 Å². The summed E-state index contributed by atoms with van der Waals surface area (Å²) < 4.78 is 5.47. The first-order valence-corrected chi connectivity index (χ1v) is 6.27. The maximum Gasteiger partial charge on any atom is 0.339 e. The topological polar surface area (TPSA) is 50.4 Å². The van der Waals surface area contributed by atoms with E-state index in [1.165, 1.54) is 0 Å². The average Bonchev–Trinajstić information content (AvgIpc) is 2.43. The van der Waals surface area contributed by atoms with Crippen molar-refractivity contribution in [2.45, 2.75) is 13.3 Å². The molecule has 1 heterocycles. The monoisotopic (exact) mass is 254 g/mol. The zero-order chi connectivity index (χ0) is 13.4. The molecule has 1 N–H and O–H groups in total. The minimum atomic E-state index is -0.351. The van der Waals surface area contributed by atoms with Gasteiger partial charge >= 0.3 is 5.63 Å². The van der Waals surface area contributed by atoms with Gasteiger partial charge in [-0.3, -0.25) is 0 Å². The Kier molecular flexibility index (Phi) is 2.84. The molecule has 3 nitrogen and oxygen atoms in total. The second-order valence-electron chi connectivity index (χ2n) is 4.63. The van der Waals surface area contributed by atoms with E-state index in [0.717, 1.165) is 21.7 Å². The van der Waals surface area contributed by atoms with Crippen LogP contribution in [0.5, 0.6) is 0 Å². The Bertz CT molecular complexity index is 815. The van der Waals surface area contributed by atoms with Crippen molar-refractivity contribution in [2.75, 3.05) is 6.61 Å². The standard InChI is InChI=1S/C16H14O3/c1-10-12-7-6-11-4-2-3-5-14(11)15(12)19-16(18)13(10)8-9-17/h2-7,17H,8-9H2,1H3. The minimum absolute atomic E-state index is 0.0509. The number of fused-ring (bicyclic) bond motifs is 3.